The van der Waals surface area contributed by atoms with Crippen molar-refractivity contribution in [1.82, 2.24) is 0 Å². The largest absolute Gasteiger partial charge is 0.496 e. The standard InChI is InChI=1S/C15H20O2/c1-6-12(7-2)14(16)13-9-8-10(3)11(4)15(13)17-5/h6,8-9H,7H2,1-5H3/b12-6-. The van der Waals surface area contributed by atoms with E-state index >= 15 is 0 Å². The average Bonchev–Trinajstić information content (AvgIpc) is 2.33. The Labute approximate surface area is 103 Å². The predicted molar refractivity (Wildman–Crippen MR) is 70.8 cm³/mol. The van der Waals surface area contributed by atoms with Gasteiger partial charge in [0.2, 0.25) is 0 Å². The highest BCUT2D eigenvalue weighted by Crippen LogP contribution is 2.28. The Bertz CT molecular complexity index is 456. The average molecular weight is 232 g/mol. The molecular formula is C15H20O2. The summed E-state index contributed by atoms with van der Waals surface area (Å²) in [6.07, 6.45) is 2.61. The van der Waals surface area contributed by atoms with Crippen molar-refractivity contribution < 1.29 is 9.53 Å². The lowest BCUT2D eigenvalue weighted by Crippen LogP contribution is -2.07. The van der Waals surface area contributed by atoms with E-state index in [2.05, 4.69) is 0 Å². The molecule has 0 saturated carbocycles. The molecule has 0 radical (unpaired) electrons. The fourth-order valence-electron chi connectivity index (χ4n) is 1.90. The third kappa shape index (κ3) is 2.57. The number of methoxy groups -OCH3 is 1. The van der Waals surface area contributed by atoms with Crippen molar-refractivity contribution in [2.45, 2.75) is 34.1 Å². The Morgan fingerprint density at radius 2 is 2.00 bits per heavy atom. The monoisotopic (exact) mass is 232 g/mol. The normalized spacial score (nSPS) is 11.5. The molecule has 0 fully saturated rings. The van der Waals surface area contributed by atoms with Crippen LogP contribution in [0.2, 0.25) is 0 Å². The maximum Gasteiger partial charge on any atom is 0.192 e. The van der Waals surface area contributed by atoms with Crippen molar-refractivity contribution in [1.29, 1.82) is 0 Å². The van der Waals surface area contributed by atoms with E-state index in [-0.39, 0.29) is 5.78 Å². The van der Waals surface area contributed by atoms with Crippen molar-refractivity contribution in [3.63, 3.8) is 0 Å². The summed E-state index contributed by atoms with van der Waals surface area (Å²) in [5, 5.41) is 0. The summed E-state index contributed by atoms with van der Waals surface area (Å²) < 4.78 is 5.37. The summed E-state index contributed by atoms with van der Waals surface area (Å²) in [6.45, 7) is 7.87. The second kappa shape index (κ2) is 5.67. The number of carbonyl (C=O) groups is 1. The first-order chi connectivity index (χ1) is 8.06. The number of allylic oxidation sites excluding steroid dienone is 2. The van der Waals surface area contributed by atoms with Crippen molar-refractivity contribution in [2.24, 2.45) is 0 Å². The van der Waals surface area contributed by atoms with Crippen LogP contribution in [-0.4, -0.2) is 12.9 Å². The van der Waals surface area contributed by atoms with Crippen LogP contribution in [0.4, 0.5) is 0 Å². The first-order valence-corrected chi connectivity index (χ1v) is 5.90. The predicted octanol–water partition coefficient (Wildman–Crippen LogP) is 3.85. The second-order valence-corrected chi connectivity index (χ2v) is 4.08. The molecular weight excluding hydrogens is 212 g/mol. The molecule has 0 spiro atoms. The third-order valence-electron chi connectivity index (χ3n) is 3.15. The number of hydrogen-bond donors (Lipinski definition) is 0. The van der Waals surface area contributed by atoms with Gasteiger partial charge in [-0.25, -0.2) is 0 Å². The van der Waals surface area contributed by atoms with Gasteiger partial charge in [0.05, 0.1) is 12.7 Å². The highest BCUT2D eigenvalue weighted by atomic mass is 16.5. The molecule has 92 valence electrons. The van der Waals surface area contributed by atoms with Crippen LogP contribution in [0.5, 0.6) is 5.75 Å². The Kier molecular flexibility index (Phi) is 4.50. The van der Waals surface area contributed by atoms with Gasteiger partial charge in [-0.1, -0.05) is 19.1 Å². The number of ketones is 1. The molecule has 2 heteroatoms. The van der Waals surface area contributed by atoms with Crippen LogP contribution in [0.15, 0.2) is 23.8 Å². The number of rotatable bonds is 4. The van der Waals surface area contributed by atoms with E-state index in [1.54, 1.807) is 7.11 Å². The molecule has 1 aromatic rings. The first-order valence-electron chi connectivity index (χ1n) is 5.90. The Balaban J connectivity index is 3.32. The zero-order valence-electron chi connectivity index (χ0n) is 11.3. The molecule has 0 amide bonds. The molecule has 0 heterocycles. The number of carbonyl (C=O) groups excluding carboxylic acids is 1. The van der Waals surface area contributed by atoms with Gasteiger partial charge in [-0.15, -0.1) is 0 Å². The molecule has 1 rings (SSSR count). The minimum atomic E-state index is 0.0648. The molecule has 0 unspecified atom stereocenters. The fraction of sp³-hybridized carbons (Fsp3) is 0.400. The fourth-order valence-corrected chi connectivity index (χ4v) is 1.90. The van der Waals surface area contributed by atoms with Gasteiger partial charge in [-0.3, -0.25) is 4.79 Å². The van der Waals surface area contributed by atoms with Crippen molar-refractivity contribution >= 4 is 5.78 Å². The number of hydrogen-bond acceptors (Lipinski definition) is 2. The summed E-state index contributed by atoms with van der Waals surface area (Å²) in [7, 11) is 1.61. The molecule has 2 nitrogen and oxygen atoms in total. The zero-order chi connectivity index (χ0) is 13.0. The van der Waals surface area contributed by atoms with E-state index in [1.807, 2.05) is 45.9 Å². The molecule has 0 aliphatic carbocycles. The number of benzene rings is 1. The van der Waals surface area contributed by atoms with E-state index in [1.165, 1.54) is 0 Å². The zero-order valence-corrected chi connectivity index (χ0v) is 11.3. The van der Waals surface area contributed by atoms with Crippen LogP contribution in [0.1, 0.15) is 41.8 Å². The summed E-state index contributed by atoms with van der Waals surface area (Å²) in [5.41, 5.74) is 3.65. The van der Waals surface area contributed by atoms with Crippen LogP contribution >= 0.6 is 0 Å². The van der Waals surface area contributed by atoms with Gasteiger partial charge in [0.15, 0.2) is 5.78 Å². The van der Waals surface area contributed by atoms with E-state index in [4.69, 9.17) is 4.74 Å². The molecule has 0 aliphatic rings. The topological polar surface area (TPSA) is 26.3 Å². The van der Waals surface area contributed by atoms with E-state index < -0.39 is 0 Å². The van der Waals surface area contributed by atoms with Crippen LogP contribution in [0.25, 0.3) is 0 Å². The van der Waals surface area contributed by atoms with Crippen LogP contribution in [0, 0.1) is 13.8 Å². The Morgan fingerprint density at radius 1 is 1.35 bits per heavy atom. The van der Waals surface area contributed by atoms with Gasteiger partial charge in [-0.2, -0.15) is 0 Å². The summed E-state index contributed by atoms with van der Waals surface area (Å²) in [4.78, 5) is 12.3. The van der Waals surface area contributed by atoms with Gasteiger partial charge in [0, 0.05) is 0 Å². The minimum Gasteiger partial charge on any atom is -0.496 e. The third-order valence-corrected chi connectivity index (χ3v) is 3.15. The molecule has 17 heavy (non-hydrogen) atoms. The van der Waals surface area contributed by atoms with Gasteiger partial charge in [0.1, 0.15) is 5.75 Å². The number of Topliss-reactive ketones (excluding diaryl/α,β-unsaturated/α-hetero) is 1. The maximum atomic E-state index is 12.3. The van der Waals surface area contributed by atoms with Gasteiger partial charge in [-0.05, 0) is 50.0 Å². The number of ether oxygens (including phenoxy) is 1. The van der Waals surface area contributed by atoms with E-state index in [0.717, 1.165) is 23.1 Å². The van der Waals surface area contributed by atoms with E-state index in [0.29, 0.717) is 11.3 Å². The minimum absolute atomic E-state index is 0.0648. The quantitative estimate of drug-likeness (QED) is 0.582. The highest BCUT2D eigenvalue weighted by molar-refractivity contribution is 6.10. The lowest BCUT2D eigenvalue weighted by Gasteiger charge is -2.13. The SMILES string of the molecule is C/C=C(/CC)C(=O)c1ccc(C)c(C)c1OC. The van der Waals surface area contributed by atoms with Gasteiger partial charge < -0.3 is 4.74 Å². The lowest BCUT2D eigenvalue weighted by atomic mass is 9.96. The van der Waals surface area contributed by atoms with Gasteiger partial charge in [0.25, 0.3) is 0 Å². The molecule has 0 bridgehead atoms. The molecule has 0 saturated heterocycles. The Hall–Kier alpha value is -1.57. The van der Waals surface area contributed by atoms with Crippen LogP contribution in [0.3, 0.4) is 0 Å². The lowest BCUT2D eigenvalue weighted by molar-refractivity contribution is 0.102. The summed E-state index contributed by atoms with van der Waals surface area (Å²) >= 11 is 0. The first kappa shape index (κ1) is 13.5. The van der Waals surface area contributed by atoms with Crippen molar-refractivity contribution in [3.05, 3.63) is 40.5 Å². The van der Waals surface area contributed by atoms with Crippen molar-refractivity contribution in [3.8, 4) is 5.75 Å². The van der Waals surface area contributed by atoms with E-state index in [9.17, 15) is 4.79 Å². The molecule has 0 aliphatic heterocycles. The highest BCUT2D eigenvalue weighted by Gasteiger charge is 2.17. The molecule has 0 aromatic heterocycles. The second-order valence-electron chi connectivity index (χ2n) is 4.08. The number of aryl methyl sites for hydroxylation is 1. The molecule has 0 N–H and O–H groups in total. The summed E-state index contributed by atoms with van der Waals surface area (Å²) in [5.74, 6) is 0.762. The van der Waals surface area contributed by atoms with Crippen LogP contribution < -0.4 is 4.74 Å². The van der Waals surface area contributed by atoms with Gasteiger partial charge >= 0.3 is 0 Å². The molecule has 0 atom stereocenters. The Morgan fingerprint density at radius 3 is 2.47 bits per heavy atom. The van der Waals surface area contributed by atoms with Crippen LogP contribution in [-0.2, 0) is 0 Å². The summed E-state index contributed by atoms with van der Waals surface area (Å²) in [6, 6.07) is 3.82. The van der Waals surface area contributed by atoms with Crippen molar-refractivity contribution in [2.75, 3.05) is 7.11 Å². The smallest absolute Gasteiger partial charge is 0.192 e. The molecule has 1 aromatic carbocycles. The maximum absolute atomic E-state index is 12.3.